The van der Waals surface area contributed by atoms with Crippen LogP contribution in [0.2, 0.25) is 0 Å². The van der Waals surface area contributed by atoms with Crippen molar-refractivity contribution in [2.24, 2.45) is 35.5 Å². The molecule has 0 aromatic carbocycles. The second-order valence-electron chi connectivity index (χ2n) is 6.19. The fourth-order valence-corrected chi connectivity index (χ4v) is 5.73. The maximum Gasteiger partial charge on any atom is 0.0452 e. The molecule has 76 valence electrons. The fourth-order valence-electron chi connectivity index (χ4n) is 5.30. The van der Waals surface area contributed by atoms with E-state index in [-0.39, 0.29) is 4.87 Å². The molecule has 0 radical (unpaired) electrons. The van der Waals surface area contributed by atoms with Crippen LogP contribution in [0.5, 0.6) is 0 Å². The van der Waals surface area contributed by atoms with E-state index in [1.807, 2.05) is 0 Å². The largest absolute Gasteiger partial charge is 0.119 e. The Bertz CT molecular complexity index is 317. The van der Waals surface area contributed by atoms with Gasteiger partial charge in [-0.3, -0.25) is 0 Å². The van der Waals surface area contributed by atoms with Gasteiger partial charge in [-0.25, -0.2) is 0 Å². The third-order valence-electron chi connectivity index (χ3n) is 5.58. The molecule has 4 bridgehead atoms. The highest BCUT2D eigenvalue weighted by molar-refractivity contribution is 6.24. The molecule has 0 heterocycles. The maximum atomic E-state index is 6.64. The van der Waals surface area contributed by atoms with Crippen LogP contribution in [-0.4, -0.2) is 4.87 Å². The van der Waals surface area contributed by atoms with Crippen molar-refractivity contribution in [1.29, 1.82) is 0 Å². The zero-order chi connectivity index (χ0) is 9.50. The summed E-state index contributed by atoms with van der Waals surface area (Å²) in [6.07, 6.45) is 9.16. The summed E-state index contributed by atoms with van der Waals surface area (Å²) in [7, 11) is 0. The molecule has 0 saturated heterocycles. The Morgan fingerprint density at radius 1 is 1.14 bits per heavy atom. The third kappa shape index (κ3) is 0.755. The van der Waals surface area contributed by atoms with Crippen LogP contribution in [0.4, 0.5) is 0 Å². The molecule has 4 aliphatic carbocycles. The van der Waals surface area contributed by atoms with Gasteiger partial charge in [-0.1, -0.05) is 12.2 Å². The first-order chi connectivity index (χ1) is 6.67. The van der Waals surface area contributed by atoms with Crippen LogP contribution in [0.15, 0.2) is 12.2 Å². The van der Waals surface area contributed by atoms with E-state index >= 15 is 0 Å². The van der Waals surface area contributed by atoms with E-state index in [0.29, 0.717) is 0 Å². The van der Waals surface area contributed by atoms with Crippen LogP contribution in [0.3, 0.4) is 0 Å². The van der Waals surface area contributed by atoms with Gasteiger partial charge in [0.15, 0.2) is 0 Å². The van der Waals surface area contributed by atoms with Gasteiger partial charge in [0, 0.05) is 4.87 Å². The zero-order valence-corrected chi connectivity index (χ0v) is 9.37. The van der Waals surface area contributed by atoms with Gasteiger partial charge in [0.25, 0.3) is 0 Å². The van der Waals surface area contributed by atoms with Crippen molar-refractivity contribution in [3.05, 3.63) is 12.2 Å². The highest BCUT2D eigenvalue weighted by atomic mass is 35.5. The molecule has 7 unspecified atom stereocenters. The molecular weight excluding hydrogens is 192 g/mol. The molecule has 4 aliphatic rings. The first-order valence-electron chi connectivity index (χ1n) is 6.04. The Morgan fingerprint density at radius 2 is 1.86 bits per heavy atom. The molecule has 1 heteroatoms. The normalized spacial score (nSPS) is 67.9. The molecular formula is C13H17Cl. The quantitative estimate of drug-likeness (QED) is 0.325. The lowest BCUT2D eigenvalue weighted by atomic mass is 9.69. The second kappa shape index (κ2) is 2.24. The monoisotopic (exact) mass is 208 g/mol. The molecule has 0 nitrogen and oxygen atoms in total. The van der Waals surface area contributed by atoms with Gasteiger partial charge in [0.05, 0.1) is 0 Å². The first kappa shape index (κ1) is 8.21. The van der Waals surface area contributed by atoms with Gasteiger partial charge in [-0.15, -0.1) is 11.6 Å². The van der Waals surface area contributed by atoms with Crippen molar-refractivity contribution in [3.8, 4) is 0 Å². The Kier molecular flexibility index (Phi) is 1.31. The minimum atomic E-state index is 0.143. The van der Waals surface area contributed by atoms with Crippen LogP contribution >= 0.6 is 11.6 Å². The molecule has 4 rings (SSSR count). The Balaban J connectivity index is 1.79. The van der Waals surface area contributed by atoms with E-state index in [1.54, 1.807) is 0 Å². The van der Waals surface area contributed by atoms with Crippen molar-refractivity contribution in [3.63, 3.8) is 0 Å². The van der Waals surface area contributed by atoms with Crippen molar-refractivity contribution in [1.82, 2.24) is 0 Å². The molecule has 0 N–H and O–H groups in total. The summed E-state index contributed by atoms with van der Waals surface area (Å²) in [6, 6.07) is 0. The molecule has 7 atom stereocenters. The highest BCUT2D eigenvalue weighted by Gasteiger charge is 2.64. The maximum absolute atomic E-state index is 6.64. The van der Waals surface area contributed by atoms with Crippen LogP contribution in [0, 0.1) is 35.5 Å². The van der Waals surface area contributed by atoms with E-state index in [9.17, 15) is 0 Å². The number of hydrogen-bond acceptors (Lipinski definition) is 0. The number of rotatable bonds is 0. The van der Waals surface area contributed by atoms with Crippen molar-refractivity contribution >= 4 is 11.6 Å². The van der Waals surface area contributed by atoms with E-state index in [0.717, 1.165) is 35.5 Å². The molecule has 3 saturated carbocycles. The topological polar surface area (TPSA) is 0 Å². The van der Waals surface area contributed by atoms with Gasteiger partial charge in [-0.05, 0) is 61.7 Å². The lowest BCUT2D eigenvalue weighted by molar-refractivity contribution is 0.174. The van der Waals surface area contributed by atoms with Crippen LogP contribution < -0.4 is 0 Å². The third-order valence-corrected chi connectivity index (χ3v) is 6.02. The van der Waals surface area contributed by atoms with Crippen molar-refractivity contribution in [2.75, 3.05) is 0 Å². The predicted molar refractivity (Wildman–Crippen MR) is 58.2 cm³/mol. The molecule has 0 aromatic rings. The minimum Gasteiger partial charge on any atom is -0.119 e. The summed E-state index contributed by atoms with van der Waals surface area (Å²) in [4.78, 5) is 0.143. The van der Waals surface area contributed by atoms with Crippen LogP contribution in [-0.2, 0) is 0 Å². The van der Waals surface area contributed by atoms with Crippen molar-refractivity contribution in [2.45, 2.75) is 31.1 Å². The molecule has 0 spiro atoms. The average Bonchev–Trinajstić information content (AvgIpc) is 2.73. The van der Waals surface area contributed by atoms with E-state index in [1.165, 1.54) is 19.3 Å². The molecule has 3 fully saturated rings. The van der Waals surface area contributed by atoms with Gasteiger partial charge >= 0.3 is 0 Å². The fraction of sp³-hybridized carbons (Fsp3) is 0.846. The smallest absolute Gasteiger partial charge is 0.0452 e. The zero-order valence-electron chi connectivity index (χ0n) is 8.62. The minimum absolute atomic E-state index is 0.143. The molecule has 0 aliphatic heterocycles. The van der Waals surface area contributed by atoms with Gasteiger partial charge in [0.1, 0.15) is 0 Å². The van der Waals surface area contributed by atoms with Gasteiger partial charge < -0.3 is 0 Å². The van der Waals surface area contributed by atoms with E-state index in [2.05, 4.69) is 19.1 Å². The predicted octanol–water partition coefficient (Wildman–Crippen LogP) is 3.46. The van der Waals surface area contributed by atoms with Gasteiger partial charge in [-0.2, -0.15) is 0 Å². The second-order valence-corrected chi connectivity index (χ2v) is 7.05. The van der Waals surface area contributed by atoms with Crippen LogP contribution in [0.25, 0.3) is 0 Å². The number of fused-ring (bicyclic) bond motifs is 9. The first-order valence-corrected chi connectivity index (χ1v) is 6.42. The molecule has 0 amide bonds. The number of alkyl halides is 1. The summed E-state index contributed by atoms with van der Waals surface area (Å²) in [5.41, 5.74) is 0. The number of allylic oxidation sites excluding steroid dienone is 2. The summed E-state index contributed by atoms with van der Waals surface area (Å²) in [5.74, 6) is 5.63. The number of hydrogen-bond donors (Lipinski definition) is 0. The Hall–Kier alpha value is 0.0300. The highest BCUT2D eigenvalue weighted by Crippen LogP contribution is 2.69. The average molecular weight is 209 g/mol. The summed E-state index contributed by atoms with van der Waals surface area (Å²) < 4.78 is 0. The van der Waals surface area contributed by atoms with Crippen LogP contribution in [0.1, 0.15) is 26.2 Å². The standard InChI is InChI=1S/C13H17Cl/c1-13(14)6-9-5-10(13)12-8-3-2-7(4-8)11(9)12/h2-3,7-12H,4-6H2,1H3. The SMILES string of the molecule is CC1(Cl)CC2CC1C1C3C=CC(C3)C21. The Morgan fingerprint density at radius 3 is 2.64 bits per heavy atom. The van der Waals surface area contributed by atoms with E-state index < -0.39 is 0 Å². The lowest BCUT2D eigenvalue weighted by Gasteiger charge is -2.39. The molecule has 0 aromatic heterocycles. The van der Waals surface area contributed by atoms with Crippen molar-refractivity contribution < 1.29 is 0 Å². The summed E-state index contributed by atoms with van der Waals surface area (Å²) >= 11 is 6.64. The summed E-state index contributed by atoms with van der Waals surface area (Å²) in [6.45, 7) is 2.28. The Labute approximate surface area is 90.7 Å². The van der Waals surface area contributed by atoms with E-state index in [4.69, 9.17) is 11.6 Å². The van der Waals surface area contributed by atoms with Gasteiger partial charge in [0.2, 0.25) is 0 Å². The molecule has 14 heavy (non-hydrogen) atoms. The lowest BCUT2D eigenvalue weighted by Crippen LogP contribution is -2.38. The summed E-state index contributed by atoms with van der Waals surface area (Å²) in [5, 5.41) is 0. The number of halogens is 1.